The van der Waals surface area contributed by atoms with Crippen LogP contribution < -0.4 is 4.74 Å². The highest BCUT2D eigenvalue weighted by Gasteiger charge is 2.50. The van der Waals surface area contributed by atoms with Crippen LogP contribution in [0.25, 0.3) is 11.1 Å². The molecule has 0 amide bonds. The van der Waals surface area contributed by atoms with Gasteiger partial charge in [-0.3, -0.25) is 4.79 Å². The maximum atomic E-state index is 13.0. The molecule has 2 aliphatic rings. The summed E-state index contributed by atoms with van der Waals surface area (Å²) in [5.74, 6) is -0.400. The number of aliphatic hydroxyl groups excluding tert-OH is 1. The van der Waals surface area contributed by atoms with Crippen LogP contribution in [0.5, 0.6) is 5.75 Å². The SMILES string of the molecule is CC1(S(=O)(=O)CC(=O)c2ccccc2-c2ccc3c(c2)OC[C@@H](Cc2cscn2)[C@@H]3O)CC1. The van der Waals surface area contributed by atoms with E-state index < -0.39 is 32.2 Å². The second kappa shape index (κ2) is 8.34. The fourth-order valence-corrected chi connectivity index (χ4v) is 6.42. The number of thiazole rings is 1. The van der Waals surface area contributed by atoms with Gasteiger partial charge in [0.2, 0.25) is 0 Å². The molecule has 0 unspecified atom stereocenters. The molecule has 1 aromatic heterocycles. The third-order valence-corrected chi connectivity index (χ3v) is 9.94. The number of aromatic nitrogens is 1. The maximum absolute atomic E-state index is 13.0. The van der Waals surface area contributed by atoms with Gasteiger partial charge >= 0.3 is 0 Å². The first-order chi connectivity index (χ1) is 15.8. The molecular weight excluding hydrogens is 458 g/mol. The van der Waals surface area contributed by atoms with Crippen molar-refractivity contribution in [1.82, 2.24) is 4.98 Å². The van der Waals surface area contributed by atoms with Crippen LogP contribution >= 0.6 is 11.3 Å². The lowest BCUT2D eigenvalue weighted by Gasteiger charge is -2.30. The monoisotopic (exact) mass is 483 g/mol. The van der Waals surface area contributed by atoms with Crippen LogP contribution in [-0.2, 0) is 16.3 Å². The molecule has 2 atom stereocenters. The third kappa shape index (κ3) is 4.23. The summed E-state index contributed by atoms with van der Waals surface area (Å²) >= 11 is 1.53. The second-order valence-corrected chi connectivity index (χ2v) is 12.4. The van der Waals surface area contributed by atoms with E-state index in [-0.39, 0.29) is 5.92 Å². The Morgan fingerprint density at radius 2 is 2.03 bits per heavy atom. The van der Waals surface area contributed by atoms with Crippen LogP contribution in [0.1, 0.15) is 47.5 Å². The molecule has 5 rings (SSSR count). The zero-order valence-corrected chi connectivity index (χ0v) is 19.9. The number of hydrogen-bond donors (Lipinski definition) is 1. The number of aliphatic hydroxyl groups is 1. The first-order valence-corrected chi connectivity index (χ1v) is 13.5. The lowest BCUT2D eigenvalue weighted by atomic mass is 9.88. The van der Waals surface area contributed by atoms with E-state index >= 15 is 0 Å². The number of carbonyl (C=O) groups excluding carboxylic acids is 1. The third-order valence-electron chi connectivity index (χ3n) is 6.75. The minimum Gasteiger partial charge on any atom is -0.493 e. The first-order valence-electron chi connectivity index (χ1n) is 10.9. The summed E-state index contributed by atoms with van der Waals surface area (Å²) in [6.07, 6.45) is 1.18. The number of sulfone groups is 1. The molecular formula is C25H25NO5S2. The summed E-state index contributed by atoms with van der Waals surface area (Å²) in [6.45, 7) is 2.07. The van der Waals surface area contributed by atoms with Gasteiger partial charge in [-0.05, 0) is 43.4 Å². The highest BCUT2D eigenvalue weighted by Crippen LogP contribution is 2.44. The molecule has 1 N–H and O–H groups in total. The van der Waals surface area contributed by atoms with Crippen molar-refractivity contribution in [3.05, 3.63) is 70.2 Å². The molecule has 2 aromatic carbocycles. The van der Waals surface area contributed by atoms with Crippen LogP contribution in [0.15, 0.2) is 53.4 Å². The number of ketones is 1. The quantitative estimate of drug-likeness (QED) is 0.505. The number of fused-ring (bicyclic) bond motifs is 1. The van der Waals surface area contributed by atoms with E-state index in [0.29, 0.717) is 48.3 Å². The normalized spacial score (nSPS) is 21.2. The van der Waals surface area contributed by atoms with E-state index in [1.807, 2.05) is 35.7 Å². The van der Waals surface area contributed by atoms with Gasteiger partial charge in [0.15, 0.2) is 15.6 Å². The Morgan fingerprint density at radius 1 is 1.24 bits per heavy atom. The summed E-state index contributed by atoms with van der Waals surface area (Å²) in [4.78, 5) is 17.3. The average Bonchev–Trinajstić information content (AvgIpc) is 3.36. The van der Waals surface area contributed by atoms with Crippen LogP contribution in [0.2, 0.25) is 0 Å². The van der Waals surface area contributed by atoms with Crippen molar-refractivity contribution in [2.45, 2.75) is 37.0 Å². The topological polar surface area (TPSA) is 93.6 Å². The maximum Gasteiger partial charge on any atom is 0.178 e. The molecule has 0 saturated heterocycles. The Bertz CT molecular complexity index is 1300. The van der Waals surface area contributed by atoms with Gasteiger partial charge in [0.1, 0.15) is 11.5 Å². The number of rotatable bonds is 7. The van der Waals surface area contributed by atoms with Crippen LogP contribution in [0, 0.1) is 5.92 Å². The summed E-state index contributed by atoms with van der Waals surface area (Å²) in [7, 11) is -3.49. The molecule has 1 aliphatic heterocycles. The molecule has 1 fully saturated rings. The predicted octanol–water partition coefficient (Wildman–Crippen LogP) is 4.24. The molecule has 1 saturated carbocycles. The molecule has 0 spiro atoms. The Labute approximate surface area is 197 Å². The van der Waals surface area contributed by atoms with Gasteiger partial charge in [-0.1, -0.05) is 36.4 Å². The van der Waals surface area contributed by atoms with Gasteiger partial charge < -0.3 is 9.84 Å². The number of hydrogen-bond acceptors (Lipinski definition) is 7. The molecule has 0 radical (unpaired) electrons. The van der Waals surface area contributed by atoms with Crippen molar-refractivity contribution in [3.63, 3.8) is 0 Å². The molecule has 6 nitrogen and oxygen atoms in total. The number of carbonyl (C=O) groups is 1. The smallest absolute Gasteiger partial charge is 0.178 e. The zero-order valence-electron chi connectivity index (χ0n) is 18.2. The Balaban J connectivity index is 1.41. The first kappa shape index (κ1) is 22.3. The van der Waals surface area contributed by atoms with E-state index in [9.17, 15) is 18.3 Å². The lowest BCUT2D eigenvalue weighted by molar-refractivity contribution is 0.0504. The summed E-state index contributed by atoms with van der Waals surface area (Å²) in [5.41, 5.74) is 5.21. The minimum absolute atomic E-state index is 0.0895. The predicted molar refractivity (Wildman–Crippen MR) is 127 cm³/mol. The molecule has 172 valence electrons. The van der Waals surface area contributed by atoms with Gasteiger partial charge in [-0.25, -0.2) is 13.4 Å². The highest BCUT2D eigenvalue weighted by molar-refractivity contribution is 7.93. The number of benzene rings is 2. The van der Waals surface area contributed by atoms with Gasteiger partial charge in [-0.15, -0.1) is 11.3 Å². The lowest BCUT2D eigenvalue weighted by Crippen LogP contribution is -2.28. The van der Waals surface area contributed by atoms with Gasteiger partial charge in [0, 0.05) is 22.4 Å². The van der Waals surface area contributed by atoms with Gasteiger partial charge in [-0.2, -0.15) is 0 Å². The van der Waals surface area contributed by atoms with Crippen molar-refractivity contribution >= 4 is 27.0 Å². The Kier molecular flexibility index (Phi) is 5.63. The van der Waals surface area contributed by atoms with Crippen molar-refractivity contribution < 1.29 is 23.1 Å². The number of ether oxygens (including phenoxy) is 1. The highest BCUT2D eigenvalue weighted by atomic mass is 32.2. The zero-order chi connectivity index (χ0) is 23.2. The molecule has 1 aliphatic carbocycles. The minimum atomic E-state index is -3.49. The Hall–Kier alpha value is -2.55. The van der Waals surface area contributed by atoms with Gasteiger partial charge in [0.25, 0.3) is 0 Å². The van der Waals surface area contributed by atoms with E-state index in [2.05, 4.69) is 4.98 Å². The van der Waals surface area contributed by atoms with Crippen molar-refractivity contribution in [2.24, 2.45) is 5.92 Å². The Morgan fingerprint density at radius 3 is 2.76 bits per heavy atom. The van der Waals surface area contributed by atoms with E-state index in [0.717, 1.165) is 11.3 Å². The van der Waals surface area contributed by atoms with E-state index in [1.54, 1.807) is 24.6 Å². The van der Waals surface area contributed by atoms with Crippen LogP contribution in [0.4, 0.5) is 0 Å². The average molecular weight is 484 g/mol. The largest absolute Gasteiger partial charge is 0.493 e. The molecule has 2 heterocycles. The number of nitrogens with zero attached hydrogens (tertiary/aromatic N) is 1. The fourth-order valence-electron chi connectivity index (χ4n) is 4.28. The van der Waals surface area contributed by atoms with Crippen molar-refractivity contribution in [1.29, 1.82) is 0 Å². The molecule has 8 heteroatoms. The number of Topliss-reactive ketones (excluding diaryl/α,β-unsaturated/α-hetero) is 1. The fraction of sp³-hybridized carbons (Fsp3) is 0.360. The van der Waals surface area contributed by atoms with E-state index in [4.69, 9.17) is 4.74 Å². The van der Waals surface area contributed by atoms with Crippen LogP contribution in [-0.4, -0.2) is 41.4 Å². The van der Waals surface area contributed by atoms with E-state index in [1.165, 1.54) is 11.3 Å². The summed E-state index contributed by atoms with van der Waals surface area (Å²) < 4.78 is 30.5. The summed E-state index contributed by atoms with van der Waals surface area (Å²) in [5, 5.41) is 12.9. The van der Waals surface area contributed by atoms with Crippen molar-refractivity contribution in [3.8, 4) is 16.9 Å². The van der Waals surface area contributed by atoms with Crippen molar-refractivity contribution in [2.75, 3.05) is 12.4 Å². The standard InChI is InChI=1S/C25H25NO5S2/c1-25(8-9-25)33(29,30)14-22(27)20-5-3-2-4-19(20)16-6-7-21-23(11-16)31-12-17(24(21)28)10-18-13-32-15-26-18/h2-7,11,13,15,17,24,28H,8-10,12,14H2,1H3/t17-,24+/m1/s1. The summed E-state index contributed by atoms with van der Waals surface area (Å²) in [6, 6.07) is 12.5. The molecule has 3 aromatic rings. The van der Waals surface area contributed by atoms with Crippen LogP contribution in [0.3, 0.4) is 0 Å². The van der Waals surface area contributed by atoms with Gasteiger partial charge in [0.05, 0.1) is 28.7 Å². The second-order valence-electron chi connectivity index (χ2n) is 9.13. The molecule has 33 heavy (non-hydrogen) atoms. The molecule has 0 bridgehead atoms.